The summed E-state index contributed by atoms with van der Waals surface area (Å²) in [5, 5.41) is 2.66. The monoisotopic (exact) mass is 303 g/mol. The van der Waals surface area contributed by atoms with Gasteiger partial charge in [0.2, 0.25) is 5.91 Å². The van der Waals surface area contributed by atoms with Gasteiger partial charge in [-0.3, -0.25) is 9.69 Å². The van der Waals surface area contributed by atoms with Gasteiger partial charge in [-0.05, 0) is 37.4 Å². The predicted molar refractivity (Wildman–Crippen MR) is 86.0 cm³/mol. The Morgan fingerprint density at radius 1 is 1.50 bits per heavy atom. The first-order chi connectivity index (χ1) is 10.5. The molecular weight excluding hydrogens is 282 g/mol. The second-order valence-corrected chi connectivity index (χ2v) is 5.04. The lowest BCUT2D eigenvalue weighted by Crippen LogP contribution is -2.33. The van der Waals surface area contributed by atoms with Gasteiger partial charge in [-0.2, -0.15) is 0 Å². The lowest BCUT2D eigenvalue weighted by Gasteiger charge is -2.19. The topological polar surface area (TPSA) is 61.9 Å². The van der Waals surface area contributed by atoms with Crippen molar-refractivity contribution in [3.63, 3.8) is 0 Å². The molecule has 0 aromatic heterocycles. The Hall–Kier alpha value is -2.50. The van der Waals surface area contributed by atoms with Gasteiger partial charge in [0.1, 0.15) is 6.10 Å². The number of nitrogens with zero attached hydrogens (tertiary/aromatic N) is 2. The highest BCUT2D eigenvalue weighted by atomic mass is 16.6. The maximum Gasteiger partial charge on any atom is 0.414 e. The van der Waals surface area contributed by atoms with Gasteiger partial charge in [0.05, 0.1) is 13.1 Å². The molecule has 1 aromatic rings. The summed E-state index contributed by atoms with van der Waals surface area (Å²) in [7, 11) is 0. The Morgan fingerprint density at radius 2 is 2.18 bits per heavy atom. The van der Waals surface area contributed by atoms with Gasteiger partial charge >= 0.3 is 6.09 Å². The number of carbonyl (C=O) groups is 2. The molecule has 0 aliphatic carbocycles. The fourth-order valence-corrected chi connectivity index (χ4v) is 2.34. The van der Waals surface area contributed by atoms with Crippen LogP contribution in [0.1, 0.15) is 13.8 Å². The van der Waals surface area contributed by atoms with Crippen LogP contribution in [0.25, 0.3) is 0 Å². The standard InChI is InChI=1S/C16H21N3O3/c1-4-18(5-2)13-6-8-14(9-7-13)19-11-15(22-16(19)21)10-17-12(3)20/h4,6-9,15H,1,5,10-11H2,2-3H3,(H,17,20). The molecule has 1 N–H and O–H groups in total. The molecule has 1 heterocycles. The van der Waals surface area contributed by atoms with Crippen molar-refractivity contribution < 1.29 is 14.3 Å². The van der Waals surface area contributed by atoms with Gasteiger partial charge in [-0.1, -0.05) is 6.58 Å². The highest BCUT2D eigenvalue weighted by molar-refractivity contribution is 5.90. The van der Waals surface area contributed by atoms with Crippen molar-refractivity contribution >= 4 is 23.4 Å². The quantitative estimate of drug-likeness (QED) is 0.874. The SMILES string of the molecule is C=CN(CC)c1ccc(N2CC(CNC(C)=O)OC2=O)cc1. The number of hydrogen-bond acceptors (Lipinski definition) is 4. The molecule has 6 heteroatoms. The largest absolute Gasteiger partial charge is 0.442 e. The molecule has 1 aliphatic rings. The van der Waals surface area contributed by atoms with Crippen molar-refractivity contribution in [3.05, 3.63) is 37.0 Å². The first-order valence-electron chi connectivity index (χ1n) is 7.27. The van der Waals surface area contributed by atoms with E-state index in [4.69, 9.17) is 4.74 Å². The van der Waals surface area contributed by atoms with E-state index in [2.05, 4.69) is 11.9 Å². The molecule has 1 atom stereocenters. The van der Waals surface area contributed by atoms with Gasteiger partial charge in [-0.15, -0.1) is 0 Å². The maximum absolute atomic E-state index is 11.9. The minimum atomic E-state index is -0.390. The number of benzene rings is 1. The zero-order chi connectivity index (χ0) is 16.1. The van der Waals surface area contributed by atoms with E-state index in [1.807, 2.05) is 36.1 Å². The van der Waals surface area contributed by atoms with E-state index >= 15 is 0 Å². The van der Waals surface area contributed by atoms with Crippen LogP contribution in [-0.2, 0) is 9.53 Å². The van der Waals surface area contributed by atoms with Gasteiger partial charge in [0.15, 0.2) is 0 Å². The minimum Gasteiger partial charge on any atom is -0.442 e. The first kappa shape index (κ1) is 15.9. The van der Waals surface area contributed by atoms with Crippen molar-refractivity contribution in [2.24, 2.45) is 0 Å². The van der Waals surface area contributed by atoms with Crippen LogP contribution in [0.2, 0.25) is 0 Å². The van der Waals surface area contributed by atoms with Crippen molar-refractivity contribution in [2.45, 2.75) is 20.0 Å². The Bertz CT molecular complexity index is 556. The third-order valence-electron chi connectivity index (χ3n) is 3.51. The fraction of sp³-hybridized carbons (Fsp3) is 0.375. The molecule has 1 aliphatic heterocycles. The predicted octanol–water partition coefficient (Wildman–Crippen LogP) is 2.12. The summed E-state index contributed by atoms with van der Waals surface area (Å²) in [6, 6.07) is 7.64. The molecule has 2 amide bonds. The third kappa shape index (κ3) is 3.58. The average Bonchev–Trinajstić information content (AvgIpc) is 2.88. The van der Waals surface area contributed by atoms with Crippen LogP contribution in [0.4, 0.5) is 16.2 Å². The van der Waals surface area contributed by atoms with Crippen molar-refractivity contribution in [1.29, 1.82) is 0 Å². The first-order valence-corrected chi connectivity index (χ1v) is 7.27. The van der Waals surface area contributed by atoms with E-state index in [1.165, 1.54) is 6.92 Å². The molecule has 6 nitrogen and oxygen atoms in total. The molecular formula is C16H21N3O3. The van der Waals surface area contributed by atoms with E-state index in [9.17, 15) is 9.59 Å². The molecule has 1 aromatic carbocycles. The van der Waals surface area contributed by atoms with Crippen LogP contribution in [0.5, 0.6) is 0 Å². The zero-order valence-corrected chi connectivity index (χ0v) is 12.9. The van der Waals surface area contributed by atoms with Gasteiger partial charge in [0.25, 0.3) is 0 Å². The second-order valence-electron chi connectivity index (χ2n) is 5.04. The lowest BCUT2D eigenvalue weighted by molar-refractivity contribution is -0.119. The summed E-state index contributed by atoms with van der Waals surface area (Å²) in [5.41, 5.74) is 1.79. The smallest absolute Gasteiger partial charge is 0.414 e. The lowest BCUT2D eigenvalue weighted by atomic mass is 10.2. The summed E-state index contributed by atoms with van der Waals surface area (Å²) in [6.45, 7) is 8.83. The van der Waals surface area contributed by atoms with Gasteiger partial charge in [0, 0.05) is 24.8 Å². The number of anilines is 2. The molecule has 0 saturated carbocycles. The fourth-order valence-electron chi connectivity index (χ4n) is 2.34. The molecule has 118 valence electrons. The molecule has 0 radical (unpaired) electrons. The number of amides is 2. The van der Waals surface area contributed by atoms with Crippen LogP contribution in [0.3, 0.4) is 0 Å². The number of ether oxygens (including phenoxy) is 1. The number of nitrogens with one attached hydrogen (secondary N) is 1. The Balaban J connectivity index is 2.04. The third-order valence-corrected chi connectivity index (χ3v) is 3.51. The summed E-state index contributed by atoms with van der Waals surface area (Å²) < 4.78 is 5.24. The van der Waals surface area contributed by atoms with Crippen LogP contribution in [0.15, 0.2) is 37.0 Å². The van der Waals surface area contributed by atoms with E-state index < -0.39 is 0 Å². The van der Waals surface area contributed by atoms with Crippen LogP contribution in [0, 0.1) is 0 Å². The highest BCUT2D eigenvalue weighted by Crippen LogP contribution is 2.24. The average molecular weight is 303 g/mol. The van der Waals surface area contributed by atoms with E-state index in [1.54, 1.807) is 11.1 Å². The van der Waals surface area contributed by atoms with E-state index in [0.29, 0.717) is 13.1 Å². The van der Waals surface area contributed by atoms with E-state index in [0.717, 1.165) is 17.9 Å². The molecule has 1 unspecified atom stereocenters. The highest BCUT2D eigenvalue weighted by Gasteiger charge is 2.32. The molecule has 0 spiro atoms. The van der Waals surface area contributed by atoms with Crippen molar-refractivity contribution in [2.75, 3.05) is 29.4 Å². The molecule has 0 bridgehead atoms. The maximum atomic E-state index is 11.9. The zero-order valence-electron chi connectivity index (χ0n) is 12.9. The van der Waals surface area contributed by atoms with Crippen LogP contribution >= 0.6 is 0 Å². The van der Waals surface area contributed by atoms with Crippen LogP contribution in [-0.4, -0.2) is 37.7 Å². The number of rotatable bonds is 6. The summed E-state index contributed by atoms with van der Waals surface area (Å²) >= 11 is 0. The van der Waals surface area contributed by atoms with E-state index in [-0.39, 0.29) is 18.1 Å². The Labute approximate surface area is 130 Å². The summed E-state index contributed by atoms with van der Waals surface area (Å²) in [6.07, 6.45) is 1.05. The van der Waals surface area contributed by atoms with Crippen LogP contribution < -0.4 is 15.1 Å². The summed E-state index contributed by atoms with van der Waals surface area (Å²) in [5.74, 6) is -0.136. The number of cyclic esters (lactones) is 1. The normalized spacial score (nSPS) is 17.1. The van der Waals surface area contributed by atoms with Gasteiger partial charge < -0.3 is 15.0 Å². The second kappa shape index (κ2) is 6.98. The molecule has 2 rings (SSSR count). The Morgan fingerprint density at radius 3 is 2.73 bits per heavy atom. The number of carbonyl (C=O) groups excluding carboxylic acids is 2. The molecule has 1 fully saturated rings. The summed E-state index contributed by atoms with van der Waals surface area (Å²) in [4.78, 5) is 26.4. The minimum absolute atomic E-state index is 0.136. The van der Waals surface area contributed by atoms with Crippen molar-refractivity contribution in [1.82, 2.24) is 5.32 Å². The Kier molecular flexibility index (Phi) is 5.04. The van der Waals surface area contributed by atoms with Crippen molar-refractivity contribution in [3.8, 4) is 0 Å². The molecule has 22 heavy (non-hydrogen) atoms. The molecule has 1 saturated heterocycles. The van der Waals surface area contributed by atoms with Gasteiger partial charge in [-0.25, -0.2) is 4.79 Å². The number of hydrogen-bond donors (Lipinski definition) is 1.